The maximum Gasteiger partial charge on any atom is 0.143 e. The minimum Gasteiger partial charge on any atom is -0.456 e. The molecule has 6 rings (SSSR count). The van der Waals surface area contributed by atoms with Crippen molar-refractivity contribution in [1.82, 2.24) is 0 Å². The standard InChI is InChI=1S/C26H18O2/c1-15-7-3-4-8-17(15)25-16(2)11-12-19-21-14-23-20(13-24(21)28-26(19)25)18-9-5-6-10-22(18)27-23/h3-14H,1-2H3. The fraction of sp³-hybridized carbons (Fsp3) is 0.0769. The molecular weight excluding hydrogens is 344 g/mol. The van der Waals surface area contributed by atoms with Crippen molar-refractivity contribution < 1.29 is 8.83 Å². The van der Waals surface area contributed by atoms with Crippen molar-refractivity contribution in [2.24, 2.45) is 0 Å². The maximum absolute atomic E-state index is 6.46. The molecule has 0 aliphatic heterocycles. The third-order valence-electron chi connectivity index (χ3n) is 5.76. The molecule has 2 heteroatoms. The van der Waals surface area contributed by atoms with Gasteiger partial charge in [-0.15, -0.1) is 0 Å². The molecule has 0 radical (unpaired) electrons. The quantitative estimate of drug-likeness (QED) is 0.299. The van der Waals surface area contributed by atoms with Crippen molar-refractivity contribution >= 4 is 43.9 Å². The van der Waals surface area contributed by atoms with Crippen LogP contribution in [-0.2, 0) is 0 Å². The first-order valence-corrected chi connectivity index (χ1v) is 9.54. The van der Waals surface area contributed by atoms with Crippen LogP contribution in [0.4, 0.5) is 0 Å². The lowest BCUT2D eigenvalue weighted by Crippen LogP contribution is -1.87. The summed E-state index contributed by atoms with van der Waals surface area (Å²) in [5.74, 6) is 0. The van der Waals surface area contributed by atoms with Gasteiger partial charge in [0.15, 0.2) is 0 Å². The maximum atomic E-state index is 6.46. The van der Waals surface area contributed by atoms with E-state index >= 15 is 0 Å². The Labute approximate surface area is 162 Å². The summed E-state index contributed by atoms with van der Waals surface area (Å²) in [4.78, 5) is 0. The summed E-state index contributed by atoms with van der Waals surface area (Å²) in [6.07, 6.45) is 0. The Morgan fingerprint density at radius 2 is 1.25 bits per heavy atom. The highest BCUT2D eigenvalue weighted by atomic mass is 16.3. The second-order valence-corrected chi connectivity index (χ2v) is 7.49. The van der Waals surface area contributed by atoms with Crippen molar-refractivity contribution in [2.75, 3.05) is 0 Å². The topological polar surface area (TPSA) is 26.3 Å². The SMILES string of the molecule is Cc1ccccc1-c1c(C)ccc2c1oc1cc3c(cc12)oc1ccccc13. The van der Waals surface area contributed by atoms with Gasteiger partial charge in [0.05, 0.1) is 0 Å². The van der Waals surface area contributed by atoms with Crippen molar-refractivity contribution in [3.8, 4) is 11.1 Å². The van der Waals surface area contributed by atoms with E-state index in [0.717, 1.165) is 43.9 Å². The number of fused-ring (bicyclic) bond motifs is 6. The molecule has 0 saturated heterocycles. The number of rotatable bonds is 1. The zero-order valence-electron chi connectivity index (χ0n) is 15.7. The van der Waals surface area contributed by atoms with Crippen molar-refractivity contribution in [1.29, 1.82) is 0 Å². The Morgan fingerprint density at radius 1 is 0.536 bits per heavy atom. The van der Waals surface area contributed by atoms with Gasteiger partial charge >= 0.3 is 0 Å². The molecular formula is C26H18O2. The van der Waals surface area contributed by atoms with Gasteiger partial charge in [0, 0.05) is 27.1 Å². The van der Waals surface area contributed by atoms with Crippen molar-refractivity contribution in [3.63, 3.8) is 0 Å². The van der Waals surface area contributed by atoms with E-state index < -0.39 is 0 Å². The molecule has 2 nitrogen and oxygen atoms in total. The second kappa shape index (κ2) is 5.49. The molecule has 6 aromatic rings. The van der Waals surface area contributed by atoms with E-state index in [0.29, 0.717) is 0 Å². The average Bonchev–Trinajstić information content (AvgIpc) is 3.24. The highest BCUT2D eigenvalue weighted by molar-refractivity contribution is 6.16. The highest BCUT2D eigenvalue weighted by Gasteiger charge is 2.17. The summed E-state index contributed by atoms with van der Waals surface area (Å²) < 4.78 is 12.6. The van der Waals surface area contributed by atoms with Crippen LogP contribution in [0.2, 0.25) is 0 Å². The van der Waals surface area contributed by atoms with Crippen LogP contribution in [0.25, 0.3) is 55.0 Å². The van der Waals surface area contributed by atoms with Crippen LogP contribution in [0.3, 0.4) is 0 Å². The van der Waals surface area contributed by atoms with Gasteiger partial charge in [0.25, 0.3) is 0 Å². The normalized spacial score (nSPS) is 11.9. The molecule has 28 heavy (non-hydrogen) atoms. The van der Waals surface area contributed by atoms with Gasteiger partial charge in [-0.2, -0.15) is 0 Å². The largest absolute Gasteiger partial charge is 0.456 e. The summed E-state index contributed by atoms with van der Waals surface area (Å²) >= 11 is 0. The summed E-state index contributed by atoms with van der Waals surface area (Å²) in [5, 5.41) is 4.43. The Bertz CT molecular complexity index is 1530. The molecule has 0 aliphatic rings. The Morgan fingerprint density at radius 3 is 2.11 bits per heavy atom. The van der Waals surface area contributed by atoms with Crippen molar-refractivity contribution in [2.45, 2.75) is 13.8 Å². The lowest BCUT2D eigenvalue weighted by atomic mass is 9.94. The molecule has 0 N–H and O–H groups in total. The van der Waals surface area contributed by atoms with Gasteiger partial charge < -0.3 is 8.83 Å². The van der Waals surface area contributed by atoms with E-state index in [1.165, 1.54) is 22.3 Å². The molecule has 0 fully saturated rings. The summed E-state index contributed by atoms with van der Waals surface area (Å²) in [6.45, 7) is 4.29. The van der Waals surface area contributed by atoms with Crippen LogP contribution in [-0.4, -0.2) is 0 Å². The molecule has 4 aromatic carbocycles. The van der Waals surface area contributed by atoms with Crippen LogP contribution in [0.1, 0.15) is 11.1 Å². The summed E-state index contributed by atoms with van der Waals surface area (Å²) in [5.41, 5.74) is 8.51. The summed E-state index contributed by atoms with van der Waals surface area (Å²) in [7, 11) is 0. The number of para-hydroxylation sites is 1. The molecule has 0 unspecified atom stereocenters. The molecule has 0 spiro atoms. The van der Waals surface area contributed by atoms with Gasteiger partial charge in [-0.3, -0.25) is 0 Å². The lowest BCUT2D eigenvalue weighted by molar-refractivity contribution is 0.664. The van der Waals surface area contributed by atoms with E-state index in [1.54, 1.807) is 0 Å². The first-order chi connectivity index (χ1) is 13.7. The first kappa shape index (κ1) is 15.5. The Kier molecular flexibility index (Phi) is 3.05. The highest BCUT2D eigenvalue weighted by Crippen LogP contribution is 2.41. The van der Waals surface area contributed by atoms with Crippen LogP contribution in [0.5, 0.6) is 0 Å². The average molecular weight is 362 g/mol. The third-order valence-corrected chi connectivity index (χ3v) is 5.76. The fourth-order valence-corrected chi connectivity index (χ4v) is 4.34. The second-order valence-electron chi connectivity index (χ2n) is 7.49. The van der Waals surface area contributed by atoms with Gasteiger partial charge in [-0.05, 0) is 48.7 Å². The van der Waals surface area contributed by atoms with E-state index in [1.807, 2.05) is 18.2 Å². The Balaban J connectivity index is 1.75. The number of hydrogen-bond donors (Lipinski definition) is 0. The van der Waals surface area contributed by atoms with Crippen LogP contribution in [0, 0.1) is 13.8 Å². The first-order valence-electron chi connectivity index (χ1n) is 9.54. The van der Waals surface area contributed by atoms with Crippen LogP contribution >= 0.6 is 0 Å². The number of benzene rings is 4. The molecule has 2 aromatic heterocycles. The van der Waals surface area contributed by atoms with E-state index in [4.69, 9.17) is 8.83 Å². The van der Waals surface area contributed by atoms with Crippen molar-refractivity contribution in [3.05, 3.63) is 83.9 Å². The summed E-state index contributed by atoms with van der Waals surface area (Å²) in [6, 6.07) is 25.2. The van der Waals surface area contributed by atoms with Crippen LogP contribution < -0.4 is 0 Å². The monoisotopic (exact) mass is 362 g/mol. The molecule has 0 atom stereocenters. The molecule has 134 valence electrons. The van der Waals surface area contributed by atoms with Gasteiger partial charge in [-0.25, -0.2) is 0 Å². The number of hydrogen-bond acceptors (Lipinski definition) is 2. The molecule has 0 saturated carbocycles. The molecule has 0 amide bonds. The predicted molar refractivity (Wildman–Crippen MR) is 116 cm³/mol. The zero-order chi connectivity index (χ0) is 18.8. The minimum absolute atomic E-state index is 0.898. The number of aryl methyl sites for hydroxylation is 2. The Hall–Kier alpha value is -3.52. The van der Waals surface area contributed by atoms with E-state index in [2.05, 4.69) is 68.4 Å². The van der Waals surface area contributed by atoms with Gasteiger partial charge in [0.1, 0.15) is 22.3 Å². The van der Waals surface area contributed by atoms with Gasteiger partial charge in [0.2, 0.25) is 0 Å². The number of furan rings is 2. The predicted octanol–water partition coefficient (Wildman–Crippen LogP) is 7.77. The third kappa shape index (κ3) is 2.03. The lowest BCUT2D eigenvalue weighted by Gasteiger charge is -2.09. The fourth-order valence-electron chi connectivity index (χ4n) is 4.34. The van der Waals surface area contributed by atoms with Crippen LogP contribution in [0.15, 0.2) is 81.6 Å². The van der Waals surface area contributed by atoms with E-state index in [-0.39, 0.29) is 0 Å². The molecule has 0 bridgehead atoms. The smallest absolute Gasteiger partial charge is 0.143 e. The van der Waals surface area contributed by atoms with Gasteiger partial charge in [-0.1, -0.05) is 54.6 Å². The molecule has 0 aliphatic carbocycles. The minimum atomic E-state index is 0.898. The zero-order valence-corrected chi connectivity index (χ0v) is 15.7. The van der Waals surface area contributed by atoms with E-state index in [9.17, 15) is 0 Å². The molecule has 2 heterocycles.